The molecule has 1 unspecified atom stereocenters. The van der Waals surface area contributed by atoms with E-state index in [1.807, 2.05) is 41.3 Å². The molecule has 6 nitrogen and oxygen atoms in total. The lowest BCUT2D eigenvalue weighted by Gasteiger charge is -2.41. The molecule has 0 bridgehead atoms. The summed E-state index contributed by atoms with van der Waals surface area (Å²) in [5.41, 5.74) is 17.0. The zero-order chi connectivity index (χ0) is 23.3. The van der Waals surface area contributed by atoms with Crippen LogP contribution in [-0.2, 0) is 4.79 Å². The molecule has 8 heteroatoms. The molecule has 0 saturated carbocycles. The molecular formula is C25H19BrClN5O. The minimum absolute atomic E-state index is 0.0666. The molecule has 0 amide bonds. The predicted molar refractivity (Wildman–Crippen MR) is 133 cm³/mol. The molecule has 2 aliphatic rings. The summed E-state index contributed by atoms with van der Waals surface area (Å²) < 4.78 is 0.934. The lowest BCUT2D eigenvalue weighted by molar-refractivity contribution is -0.116. The molecule has 4 N–H and O–H groups in total. The number of hydrogen-bond donors (Lipinski definition) is 2. The molecule has 0 radical (unpaired) electrons. The Hall–Kier alpha value is -3.34. The third-order valence-corrected chi connectivity index (χ3v) is 6.95. The molecule has 2 heterocycles. The molecule has 2 aromatic carbocycles. The van der Waals surface area contributed by atoms with Gasteiger partial charge in [-0.2, -0.15) is 5.26 Å². The van der Waals surface area contributed by atoms with Gasteiger partial charge in [0.1, 0.15) is 23.3 Å². The molecule has 164 valence electrons. The minimum atomic E-state index is -0.466. The predicted octanol–water partition coefficient (Wildman–Crippen LogP) is 5.82. The fourth-order valence-corrected chi connectivity index (χ4v) is 5.12. The number of nitrogens with two attached hydrogens (primary N) is 2. The van der Waals surface area contributed by atoms with E-state index in [-0.39, 0.29) is 22.9 Å². The Morgan fingerprint density at radius 1 is 1.09 bits per heavy atom. The lowest BCUT2D eigenvalue weighted by atomic mass is 9.74. The number of carbonyl (C=O) groups excluding carboxylic acids is 1. The van der Waals surface area contributed by atoms with Crippen molar-refractivity contribution < 1.29 is 4.79 Å². The van der Waals surface area contributed by atoms with Crippen LogP contribution in [0.3, 0.4) is 0 Å². The van der Waals surface area contributed by atoms with Crippen LogP contribution in [0, 0.1) is 11.3 Å². The van der Waals surface area contributed by atoms with Crippen molar-refractivity contribution in [2.75, 3.05) is 16.4 Å². The first-order chi connectivity index (χ1) is 15.9. The van der Waals surface area contributed by atoms with Crippen molar-refractivity contribution in [1.82, 2.24) is 4.98 Å². The van der Waals surface area contributed by atoms with E-state index in [1.165, 1.54) is 0 Å². The SMILES string of the molecule is N#Cc1c(N)nc2c(c1N)C(c1ccc(Cl)cc1)C1=C(CCCC1=O)N2c1ccc(Br)cc1. The summed E-state index contributed by atoms with van der Waals surface area (Å²) in [7, 11) is 0. The highest BCUT2D eigenvalue weighted by atomic mass is 79.9. The number of Topliss-reactive ketones (excluding diaryl/α,β-unsaturated/α-hetero) is 1. The maximum atomic E-state index is 13.4. The van der Waals surface area contributed by atoms with E-state index >= 15 is 0 Å². The number of aromatic nitrogens is 1. The third-order valence-electron chi connectivity index (χ3n) is 6.17. The van der Waals surface area contributed by atoms with Crippen molar-refractivity contribution >= 4 is 56.3 Å². The van der Waals surface area contributed by atoms with Crippen molar-refractivity contribution in [3.05, 3.63) is 86.0 Å². The van der Waals surface area contributed by atoms with E-state index in [0.29, 0.717) is 34.8 Å². The first-order valence-electron chi connectivity index (χ1n) is 10.5. The zero-order valence-corrected chi connectivity index (χ0v) is 19.8. The molecular weight excluding hydrogens is 502 g/mol. The van der Waals surface area contributed by atoms with Crippen LogP contribution in [0.25, 0.3) is 0 Å². The first kappa shape index (κ1) is 21.5. The molecule has 0 saturated heterocycles. The molecule has 3 aromatic rings. The Kier molecular flexibility index (Phi) is 5.35. The average Bonchev–Trinajstić information content (AvgIpc) is 2.80. The Labute approximate surface area is 204 Å². The number of nitriles is 1. The quantitative estimate of drug-likeness (QED) is 0.440. The van der Waals surface area contributed by atoms with E-state index < -0.39 is 5.92 Å². The van der Waals surface area contributed by atoms with Gasteiger partial charge in [0.05, 0.1) is 5.69 Å². The van der Waals surface area contributed by atoms with E-state index in [1.54, 1.807) is 12.1 Å². The number of nitrogens with zero attached hydrogens (tertiary/aromatic N) is 3. The highest BCUT2D eigenvalue weighted by molar-refractivity contribution is 9.10. The molecule has 5 rings (SSSR count). The van der Waals surface area contributed by atoms with Gasteiger partial charge in [0.2, 0.25) is 0 Å². The van der Waals surface area contributed by atoms with Crippen LogP contribution in [0.2, 0.25) is 5.02 Å². The van der Waals surface area contributed by atoms with Crippen molar-refractivity contribution in [2.45, 2.75) is 25.2 Å². The normalized spacial score (nSPS) is 17.4. The summed E-state index contributed by atoms with van der Waals surface area (Å²) in [5.74, 6) is 0.210. The second-order valence-electron chi connectivity index (χ2n) is 8.07. The van der Waals surface area contributed by atoms with Gasteiger partial charge in [0, 0.05) is 44.4 Å². The van der Waals surface area contributed by atoms with Crippen molar-refractivity contribution in [3.8, 4) is 6.07 Å². The number of allylic oxidation sites excluding steroid dienone is 2. The fourth-order valence-electron chi connectivity index (χ4n) is 4.73. The van der Waals surface area contributed by atoms with E-state index in [0.717, 1.165) is 27.8 Å². The summed E-state index contributed by atoms with van der Waals surface area (Å²) in [6, 6.07) is 17.2. The number of nitrogen functional groups attached to an aromatic ring is 2. The monoisotopic (exact) mass is 519 g/mol. The Bertz CT molecular complexity index is 1360. The van der Waals surface area contributed by atoms with Crippen molar-refractivity contribution in [2.24, 2.45) is 0 Å². The van der Waals surface area contributed by atoms with Crippen LogP contribution >= 0.6 is 27.5 Å². The van der Waals surface area contributed by atoms with Crippen LogP contribution in [0.5, 0.6) is 0 Å². The van der Waals surface area contributed by atoms with Crippen molar-refractivity contribution in [1.29, 1.82) is 5.26 Å². The lowest BCUT2D eigenvalue weighted by Crippen LogP contribution is -2.34. The number of fused-ring (bicyclic) bond motifs is 1. The van der Waals surface area contributed by atoms with Gasteiger partial charge >= 0.3 is 0 Å². The number of anilines is 4. The smallest absolute Gasteiger partial charge is 0.161 e. The molecule has 0 fully saturated rings. The largest absolute Gasteiger partial charge is 0.397 e. The summed E-state index contributed by atoms with van der Waals surface area (Å²) >= 11 is 9.63. The van der Waals surface area contributed by atoms with E-state index in [2.05, 4.69) is 27.0 Å². The van der Waals surface area contributed by atoms with Crippen LogP contribution in [0.4, 0.5) is 23.0 Å². The van der Waals surface area contributed by atoms with Gasteiger partial charge in [-0.15, -0.1) is 0 Å². The van der Waals surface area contributed by atoms with Gasteiger partial charge in [-0.3, -0.25) is 9.69 Å². The number of carbonyl (C=O) groups is 1. The second kappa shape index (κ2) is 8.22. The number of pyridine rings is 1. The Balaban J connectivity index is 1.88. The van der Waals surface area contributed by atoms with Crippen LogP contribution in [0.1, 0.15) is 41.9 Å². The van der Waals surface area contributed by atoms with Crippen molar-refractivity contribution in [3.63, 3.8) is 0 Å². The van der Waals surface area contributed by atoms with E-state index in [4.69, 9.17) is 23.1 Å². The zero-order valence-electron chi connectivity index (χ0n) is 17.5. The number of halogens is 2. The second-order valence-corrected chi connectivity index (χ2v) is 9.42. The standard InChI is InChI=1S/C25H19BrClN5O/c26-14-6-10-16(11-7-14)32-18-2-1-3-19(33)21(18)20(13-4-8-15(27)9-5-13)22-23(29)17(12-28)24(30)31-25(22)32/h4-11,20H,1-3H2,(H4,29,30,31). The van der Waals surface area contributed by atoms with Crippen LogP contribution in [0.15, 0.2) is 64.3 Å². The average molecular weight is 521 g/mol. The van der Waals surface area contributed by atoms with Crippen LogP contribution in [-0.4, -0.2) is 10.8 Å². The summed E-state index contributed by atoms with van der Waals surface area (Å²) in [4.78, 5) is 20.0. The van der Waals surface area contributed by atoms with Gasteiger partial charge in [0.15, 0.2) is 5.78 Å². The Morgan fingerprint density at radius 2 is 1.79 bits per heavy atom. The van der Waals surface area contributed by atoms with Gasteiger partial charge in [-0.25, -0.2) is 4.98 Å². The molecule has 0 spiro atoms. The van der Waals surface area contributed by atoms with E-state index in [9.17, 15) is 10.1 Å². The van der Waals surface area contributed by atoms with Gasteiger partial charge in [-0.1, -0.05) is 39.7 Å². The summed E-state index contributed by atoms with van der Waals surface area (Å²) in [5, 5.41) is 10.3. The molecule has 1 atom stereocenters. The third kappa shape index (κ3) is 3.47. The molecule has 1 aliphatic heterocycles. The maximum absolute atomic E-state index is 13.4. The van der Waals surface area contributed by atoms with Gasteiger partial charge in [0.25, 0.3) is 0 Å². The van der Waals surface area contributed by atoms with Crippen LogP contribution < -0.4 is 16.4 Å². The maximum Gasteiger partial charge on any atom is 0.161 e. The number of hydrogen-bond acceptors (Lipinski definition) is 6. The number of ketones is 1. The molecule has 1 aromatic heterocycles. The summed E-state index contributed by atoms with van der Waals surface area (Å²) in [6.07, 6.45) is 1.91. The Morgan fingerprint density at radius 3 is 2.45 bits per heavy atom. The fraction of sp³-hybridized carbons (Fsp3) is 0.160. The molecule has 1 aliphatic carbocycles. The topological polar surface area (TPSA) is 109 Å². The van der Waals surface area contributed by atoms with Gasteiger partial charge in [-0.05, 0) is 54.8 Å². The number of rotatable bonds is 2. The number of benzene rings is 2. The summed E-state index contributed by atoms with van der Waals surface area (Å²) in [6.45, 7) is 0. The minimum Gasteiger partial charge on any atom is -0.397 e. The highest BCUT2D eigenvalue weighted by Crippen LogP contribution is 2.53. The molecule has 33 heavy (non-hydrogen) atoms. The highest BCUT2D eigenvalue weighted by Gasteiger charge is 2.42. The first-order valence-corrected chi connectivity index (χ1v) is 11.6. The van der Waals surface area contributed by atoms with Gasteiger partial charge < -0.3 is 11.5 Å².